The van der Waals surface area contributed by atoms with Crippen LogP contribution in [0.25, 0.3) is 0 Å². The van der Waals surface area contributed by atoms with E-state index in [1.165, 1.54) is 5.56 Å². The summed E-state index contributed by atoms with van der Waals surface area (Å²) in [5.74, 6) is -0.479. The number of rotatable bonds is 3. The number of carbonyl (C=O) groups excluding carboxylic acids is 1. The standard InChI is InChI=1S/C19H27N3O3/c1-13-2-3-16(12-20-13)14-8-10-22(11-9-14)19(25)21-17-6-4-15(5-7-17)18(23)24/h2-3,12,14-15,17H,4-11H2,1H3,(H,21,25)(H,23,24). The second kappa shape index (κ2) is 7.85. The monoisotopic (exact) mass is 345 g/mol. The van der Waals surface area contributed by atoms with E-state index in [2.05, 4.69) is 16.4 Å². The summed E-state index contributed by atoms with van der Waals surface area (Å²) in [6.07, 6.45) is 6.71. The Morgan fingerprint density at radius 1 is 1.12 bits per heavy atom. The highest BCUT2D eigenvalue weighted by molar-refractivity contribution is 5.75. The van der Waals surface area contributed by atoms with Gasteiger partial charge in [-0.05, 0) is 63.0 Å². The first-order valence-corrected chi connectivity index (χ1v) is 9.23. The second-order valence-corrected chi connectivity index (χ2v) is 7.33. The van der Waals surface area contributed by atoms with Gasteiger partial charge in [-0.1, -0.05) is 6.07 Å². The van der Waals surface area contributed by atoms with Gasteiger partial charge in [0.2, 0.25) is 0 Å². The van der Waals surface area contributed by atoms with E-state index in [9.17, 15) is 9.59 Å². The van der Waals surface area contributed by atoms with Crippen molar-refractivity contribution in [1.29, 1.82) is 0 Å². The third-order valence-corrected chi connectivity index (χ3v) is 5.59. The molecule has 0 unspecified atom stereocenters. The first-order chi connectivity index (χ1) is 12.0. The number of aliphatic carboxylic acids is 1. The zero-order chi connectivity index (χ0) is 17.8. The molecule has 0 bridgehead atoms. The van der Waals surface area contributed by atoms with Gasteiger partial charge in [-0.25, -0.2) is 4.79 Å². The van der Waals surface area contributed by atoms with E-state index in [1.807, 2.05) is 24.1 Å². The van der Waals surface area contributed by atoms with Crippen LogP contribution in [-0.4, -0.2) is 46.1 Å². The predicted octanol–water partition coefficient (Wildman–Crippen LogP) is 2.92. The molecule has 3 rings (SSSR count). The molecule has 0 atom stereocenters. The van der Waals surface area contributed by atoms with Gasteiger partial charge in [0, 0.05) is 31.0 Å². The van der Waals surface area contributed by atoms with Gasteiger partial charge >= 0.3 is 12.0 Å². The van der Waals surface area contributed by atoms with Gasteiger partial charge < -0.3 is 15.3 Å². The summed E-state index contributed by atoms with van der Waals surface area (Å²) in [7, 11) is 0. The number of aryl methyl sites for hydroxylation is 1. The molecule has 0 aromatic carbocycles. The van der Waals surface area contributed by atoms with Gasteiger partial charge in [-0.3, -0.25) is 9.78 Å². The number of likely N-dealkylation sites (tertiary alicyclic amines) is 1. The molecule has 1 aliphatic carbocycles. The molecule has 2 amide bonds. The average Bonchev–Trinajstić information content (AvgIpc) is 2.63. The van der Waals surface area contributed by atoms with Crippen LogP contribution in [0.2, 0.25) is 0 Å². The molecule has 6 heteroatoms. The number of carboxylic acid groups (broad SMARTS) is 1. The molecular formula is C19H27N3O3. The lowest BCUT2D eigenvalue weighted by molar-refractivity contribution is -0.142. The Morgan fingerprint density at radius 3 is 2.36 bits per heavy atom. The van der Waals surface area contributed by atoms with Crippen LogP contribution in [0.5, 0.6) is 0 Å². The molecule has 1 aliphatic heterocycles. The molecule has 0 radical (unpaired) electrons. The molecule has 2 N–H and O–H groups in total. The fourth-order valence-corrected chi connectivity index (χ4v) is 3.89. The smallest absolute Gasteiger partial charge is 0.317 e. The van der Waals surface area contributed by atoms with Crippen molar-refractivity contribution in [2.45, 2.75) is 57.4 Å². The molecule has 1 aromatic heterocycles. The Balaban J connectivity index is 1.44. The van der Waals surface area contributed by atoms with E-state index in [1.54, 1.807) is 0 Å². The average molecular weight is 345 g/mol. The van der Waals surface area contributed by atoms with Crippen LogP contribution < -0.4 is 5.32 Å². The second-order valence-electron chi connectivity index (χ2n) is 7.33. The van der Waals surface area contributed by atoms with Crippen LogP contribution in [0.4, 0.5) is 4.79 Å². The highest BCUT2D eigenvalue weighted by Crippen LogP contribution is 2.28. The zero-order valence-corrected chi connectivity index (χ0v) is 14.8. The van der Waals surface area contributed by atoms with Crippen LogP contribution in [0.15, 0.2) is 18.3 Å². The quantitative estimate of drug-likeness (QED) is 0.882. The third kappa shape index (κ3) is 4.50. The number of pyridine rings is 1. The maximum atomic E-state index is 12.5. The lowest BCUT2D eigenvalue weighted by Crippen LogP contribution is -2.48. The number of hydrogen-bond acceptors (Lipinski definition) is 3. The number of carbonyl (C=O) groups is 2. The van der Waals surface area contributed by atoms with E-state index in [4.69, 9.17) is 5.11 Å². The number of nitrogens with one attached hydrogen (secondary N) is 1. The van der Waals surface area contributed by atoms with E-state index in [-0.39, 0.29) is 18.0 Å². The summed E-state index contributed by atoms with van der Waals surface area (Å²) in [6, 6.07) is 4.30. The molecule has 1 saturated heterocycles. The van der Waals surface area contributed by atoms with Crippen molar-refractivity contribution in [2.75, 3.05) is 13.1 Å². The Labute approximate surface area is 148 Å². The number of hydrogen-bond donors (Lipinski definition) is 2. The van der Waals surface area contributed by atoms with Crippen molar-refractivity contribution < 1.29 is 14.7 Å². The summed E-state index contributed by atoms with van der Waals surface area (Å²) < 4.78 is 0. The van der Waals surface area contributed by atoms with Crippen LogP contribution >= 0.6 is 0 Å². The normalized spacial score (nSPS) is 24.8. The highest BCUT2D eigenvalue weighted by atomic mass is 16.4. The Kier molecular flexibility index (Phi) is 5.56. The van der Waals surface area contributed by atoms with Crippen LogP contribution in [0.3, 0.4) is 0 Å². The van der Waals surface area contributed by atoms with E-state index in [0.29, 0.717) is 18.8 Å². The van der Waals surface area contributed by atoms with Gasteiger partial charge in [0.1, 0.15) is 0 Å². The number of carboxylic acids is 1. The summed E-state index contributed by atoms with van der Waals surface area (Å²) in [6.45, 7) is 3.50. The summed E-state index contributed by atoms with van der Waals surface area (Å²) in [4.78, 5) is 29.7. The summed E-state index contributed by atoms with van der Waals surface area (Å²) in [5.41, 5.74) is 2.29. The Morgan fingerprint density at radius 2 is 1.80 bits per heavy atom. The van der Waals surface area contributed by atoms with E-state index < -0.39 is 5.97 Å². The zero-order valence-electron chi connectivity index (χ0n) is 14.8. The lowest BCUT2D eigenvalue weighted by atomic mass is 9.86. The van der Waals surface area contributed by atoms with E-state index >= 15 is 0 Å². The predicted molar refractivity (Wildman–Crippen MR) is 94.4 cm³/mol. The molecule has 1 aromatic rings. The molecule has 2 aliphatic rings. The minimum absolute atomic E-state index is 0.000689. The van der Waals surface area contributed by atoms with Gasteiger partial charge in [-0.15, -0.1) is 0 Å². The van der Waals surface area contributed by atoms with Gasteiger partial charge in [-0.2, -0.15) is 0 Å². The molecule has 136 valence electrons. The van der Waals surface area contributed by atoms with Crippen LogP contribution in [0, 0.1) is 12.8 Å². The fourth-order valence-electron chi connectivity index (χ4n) is 3.89. The number of amides is 2. The van der Waals surface area contributed by atoms with Gasteiger partial charge in [0.05, 0.1) is 5.92 Å². The fraction of sp³-hybridized carbons (Fsp3) is 0.632. The first-order valence-electron chi connectivity index (χ1n) is 9.23. The number of aromatic nitrogens is 1. The lowest BCUT2D eigenvalue weighted by Gasteiger charge is -2.34. The van der Waals surface area contributed by atoms with Crippen molar-refractivity contribution >= 4 is 12.0 Å². The van der Waals surface area contributed by atoms with E-state index in [0.717, 1.165) is 44.5 Å². The Bertz CT molecular complexity index is 601. The molecule has 0 spiro atoms. The number of nitrogens with zero attached hydrogens (tertiary/aromatic N) is 2. The van der Waals surface area contributed by atoms with Crippen LogP contribution in [0.1, 0.15) is 55.7 Å². The van der Waals surface area contributed by atoms with Crippen molar-refractivity contribution in [3.8, 4) is 0 Å². The summed E-state index contributed by atoms with van der Waals surface area (Å²) in [5, 5.41) is 12.1. The van der Waals surface area contributed by atoms with Crippen molar-refractivity contribution in [3.05, 3.63) is 29.6 Å². The summed E-state index contributed by atoms with van der Waals surface area (Å²) >= 11 is 0. The molecule has 2 heterocycles. The molecule has 2 fully saturated rings. The van der Waals surface area contributed by atoms with Crippen LogP contribution in [-0.2, 0) is 4.79 Å². The molecule has 25 heavy (non-hydrogen) atoms. The molecule has 1 saturated carbocycles. The SMILES string of the molecule is Cc1ccc(C2CCN(C(=O)NC3CCC(C(=O)O)CC3)CC2)cn1. The van der Waals surface area contributed by atoms with Gasteiger partial charge in [0.25, 0.3) is 0 Å². The minimum Gasteiger partial charge on any atom is -0.481 e. The van der Waals surface area contributed by atoms with Crippen molar-refractivity contribution in [1.82, 2.24) is 15.2 Å². The maximum Gasteiger partial charge on any atom is 0.317 e. The van der Waals surface area contributed by atoms with Gasteiger partial charge in [0.15, 0.2) is 0 Å². The number of urea groups is 1. The molecular weight excluding hydrogens is 318 g/mol. The first kappa shape index (κ1) is 17.7. The maximum absolute atomic E-state index is 12.5. The topological polar surface area (TPSA) is 82.5 Å². The van der Waals surface area contributed by atoms with Crippen molar-refractivity contribution in [2.24, 2.45) is 5.92 Å². The van der Waals surface area contributed by atoms with Crippen molar-refractivity contribution in [3.63, 3.8) is 0 Å². The third-order valence-electron chi connectivity index (χ3n) is 5.59. The minimum atomic E-state index is -0.711. The largest absolute Gasteiger partial charge is 0.481 e. The highest BCUT2D eigenvalue weighted by Gasteiger charge is 2.29. The number of piperidine rings is 1. The molecule has 6 nitrogen and oxygen atoms in total. The Hall–Kier alpha value is -2.11.